The largest absolute Gasteiger partial charge is 0.354 e. The van der Waals surface area contributed by atoms with Crippen molar-refractivity contribution in [2.24, 2.45) is 0 Å². The maximum atomic E-state index is 8.67. The number of nitriles is 1. The van der Waals surface area contributed by atoms with Gasteiger partial charge in [0.1, 0.15) is 17.6 Å². The van der Waals surface area contributed by atoms with Crippen molar-refractivity contribution in [1.29, 1.82) is 5.26 Å². The summed E-state index contributed by atoms with van der Waals surface area (Å²) in [4.78, 5) is 6.44. The van der Waals surface area contributed by atoms with Gasteiger partial charge < -0.3 is 4.90 Å². The molecule has 0 N–H and O–H groups in total. The number of aromatic nitrogens is 1. The molecule has 0 aromatic carbocycles. The monoisotopic (exact) mass is 173 g/mol. The lowest BCUT2D eigenvalue weighted by Crippen LogP contribution is -2.46. The fourth-order valence-corrected chi connectivity index (χ4v) is 1.50. The number of nitrogens with zero attached hydrogens (tertiary/aromatic N) is 3. The van der Waals surface area contributed by atoms with Crippen LogP contribution in [0.5, 0.6) is 0 Å². The van der Waals surface area contributed by atoms with Crippen LogP contribution >= 0.6 is 0 Å². The van der Waals surface area contributed by atoms with Crippen molar-refractivity contribution in [1.82, 2.24) is 4.98 Å². The van der Waals surface area contributed by atoms with Gasteiger partial charge in [0, 0.05) is 12.6 Å². The summed E-state index contributed by atoms with van der Waals surface area (Å²) in [5, 5.41) is 8.67. The lowest BCUT2D eigenvalue weighted by atomic mass is 10.1. The van der Waals surface area contributed by atoms with E-state index < -0.39 is 0 Å². The van der Waals surface area contributed by atoms with Crippen LogP contribution in [0.2, 0.25) is 0 Å². The molecule has 0 aliphatic carbocycles. The van der Waals surface area contributed by atoms with Crippen LogP contribution in [0.4, 0.5) is 5.82 Å². The minimum Gasteiger partial charge on any atom is -0.354 e. The van der Waals surface area contributed by atoms with Crippen LogP contribution in [0.3, 0.4) is 0 Å². The average Bonchev–Trinajstić information content (AvgIpc) is 2.16. The van der Waals surface area contributed by atoms with Gasteiger partial charge in [0.05, 0.1) is 0 Å². The lowest BCUT2D eigenvalue weighted by molar-refractivity contribution is 0.476. The molecule has 1 unspecified atom stereocenters. The van der Waals surface area contributed by atoms with Crippen LogP contribution in [-0.2, 0) is 0 Å². The molecule has 1 aromatic rings. The van der Waals surface area contributed by atoms with Gasteiger partial charge in [-0.15, -0.1) is 0 Å². The Hall–Kier alpha value is -1.56. The van der Waals surface area contributed by atoms with Crippen molar-refractivity contribution in [3.63, 3.8) is 0 Å². The molecule has 1 fully saturated rings. The van der Waals surface area contributed by atoms with E-state index in [4.69, 9.17) is 5.26 Å². The molecule has 0 spiro atoms. The van der Waals surface area contributed by atoms with E-state index in [0.717, 1.165) is 12.4 Å². The molecule has 66 valence electrons. The molecule has 3 nitrogen and oxygen atoms in total. The quantitative estimate of drug-likeness (QED) is 0.647. The summed E-state index contributed by atoms with van der Waals surface area (Å²) in [7, 11) is 0. The molecule has 1 atom stereocenters. The highest BCUT2D eigenvalue weighted by Gasteiger charge is 2.24. The third-order valence-electron chi connectivity index (χ3n) is 2.46. The van der Waals surface area contributed by atoms with E-state index in [1.54, 1.807) is 6.07 Å². The second kappa shape index (κ2) is 3.06. The highest BCUT2D eigenvalue weighted by Crippen LogP contribution is 2.23. The average molecular weight is 173 g/mol. The summed E-state index contributed by atoms with van der Waals surface area (Å²) in [6.45, 7) is 3.23. The highest BCUT2D eigenvalue weighted by atomic mass is 15.3. The summed E-state index contributed by atoms with van der Waals surface area (Å²) >= 11 is 0. The minimum atomic E-state index is 0.497. The number of hydrogen-bond acceptors (Lipinski definition) is 3. The Morgan fingerprint density at radius 2 is 2.46 bits per heavy atom. The van der Waals surface area contributed by atoms with Crippen molar-refractivity contribution >= 4 is 5.82 Å². The van der Waals surface area contributed by atoms with Gasteiger partial charge in [0.15, 0.2) is 0 Å². The molecule has 1 saturated heterocycles. The van der Waals surface area contributed by atoms with E-state index in [1.165, 1.54) is 6.42 Å². The minimum absolute atomic E-state index is 0.497. The maximum absolute atomic E-state index is 8.67. The molecular weight excluding hydrogens is 162 g/mol. The summed E-state index contributed by atoms with van der Waals surface area (Å²) in [6.07, 6.45) is 1.22. The van der Waals surface area contributed by atoms with E-state index in [2.05, 4.69) is 16.8 Å². The predicted molar refractivity (Wildman–Crippen MR) is 50.4 cm³/mol. The highest BCUT2D eigenvalue weighted by molar-refractivity contribution is 5.44. The topological polar surface area (TPSA) is 39.9 Å². The Morgan fingerprint density at radius 1 is 1.62 bits per heavy atom. The lowest BCUT2D eigenvalue weighted by Gasteiger charge is -2.39. The van der Waals surface area contributed by atoms with Gasteiger partial charge in [-0.1, -0.05) is 6.07 Å². The summed E-state index contributed by atoms with van der Waals surface area (Å²) in [5.41, 5.74) is 0.497. The van der Waals surface area contributed by atoms with Crippen LogP contribution in [0.15, 0.2) is 18.2 Å². The molecule has 2 heterocycles. The molecule has 3 heteroatoms. The zero-order chi connectivity index (χ0) is 9.26. The Kier molecular flexibility index (Phi) is 1.90. The predicted octanol–water partition coefficient (Wildman–Crippen LogP) is 1.55. The molecular formula is C10H11N3. The van der Waals surface area contributed by atoms with E-state index in [9.17, 15) is 0 Å². The Labute approximate surface area is 77.6 Å². The first-order valence-electron chi connectivity index (χ1n) is 4.45. The molecule has 0 amide bonds. The Balaban J connectivity index is 2.26. The first-order valence-corrected chi connectivity index (χ1v) is 4.45. The molecule has 13 heavy (non-hydrogen) atoms. The van der Waals surface area contributed by atoms with Crippen LogP contribution in [0.25, 0.3) is 0 Å². The number of rotatable bonds is 1. The standard InChI is InChI=1S/C10H11N3/c1-8-5-6-13(8)10-4-2-3-9(7-11)12-10/h2-4,8H,5-6H2,1H3. The van der Waals surface area contributed by atoms with Crippen molar-refractivity contribution in [2.45, 2.75) is 19.4 Å². The summed E-state index contributed by atoms with van der Waals surface area (Å²) in [5.74, 6) is 0.929. The molecule has 1 aromatic heterocycles. The zero-order valence-corrected chi connectivity index (χ0v) is 7.57. The Morgan fingerprint density at radius 3 is 3.00 bits per heavy atom. The smallest absolute Gasteiger partial charge is 0.142 e. The van der Waals surface area contributed by atoms with E-state index in [1.807, 2.05) is 18.2 Å². The molecule has 0 saturated carbocycles. The third kappa shape index (κ3) is 1.35. The van der Waals surface area contributed by atoms with Gasteiger partial charge in [0.2, 0.25) is 0 Å². The van der Waals surface area contributed by atoms with Crippen LogP contribution in [-0.4, -0.2) is 17.6 Å². The second-order valence-electron chi connectivity index (χ2n) is 3.32. The van der Waals surface area contributed by atoms with Crippen molar-refractivity contribution in [3.05, 3.63) is 23.9 Å². The van der Waals surface area contributed by atoms with Gasteiger partial charge in [-0.05, 0) is 25.5 Å². The van der Waals surface area contributed by atoms with E-state index in [-0.39, 0.29) is 0 Å². The van der Waals surface area contributed by atoms with Crippen LogP contribution in [0, 0.1) is 11.3 Å². The fraction of sp³-hybridized carbons (Fsp3) is 0.400. The molecule has 0 bridgehead atoms. The van der Waals surface area contributed by atoms with Gasteiger partial charge in [0.25, 0.3) is 0 Å². The third-order valence-corrected chi connectivity index (χ3v) is 2.46. The molecule has 1 aliphatic rings. The van der Waals surface area contributed by atoms with E-state index >= 15 is 0 Å². The van der Waals surface area contributed by atoms with Crippen molar-refractivity contribution < 1.29 is 0 Å². The first-order chi connectivity index (χ1) is 6.31. The molecule has 0 radical (unpaired) electrons. The number of hydrogen-bond donors (Lipinski definition) is 0. The SMILES string of the molecule is CC1CCN1c1cccc(C#N)n1. The van der Waals surface area contributed by atoms with E-state index in [0.29, 0.717) is 11.7 Å². The fourth-order valence-electron chi connectivity index (χ4n) is 1.50. The zero-order valence-electron chi connectivity index (χ0n) is 7.57. The van der Waals surface area contributed by atoms with Crippen LogP contribution in [0.1, 0.15) is 19.0 Å². The Bertz CT molecular complexity index is 353. The van der Waals surface area contributed by atoms with Gasteiger partial charge in [-0.25, -0.2) is 4.98 Å². The number of pyridine rings is 1. The molecule has 1 aliphatic heterocycles. The van der Waals surface area contributed by atoms with Gasteiger partial charge in [-0.2, -0.15) is 5.26 Å². The number of anilines is 1. The van der Waals surface area contributed by atoms with Crippen molar-refractivity contribution in [2.75, 3.05) is 11.4 Å². The molecule has 2 rings (SSSR count). The van der Waals surface area contributed by atoms with Crippen molar-refractivity contribution in [3.8, 4) is 6.07 Å². The normalized spacial score (nSPS) is 20.6. The maximum Gasteiger partial charge on any atom is 0.142 e. The van der Waals surface area contributed by atoms with Gasteiger partial charge in [-0.3, -0.25) is 0 Å². The van der Waals surface area contributed by atoms with Gasteiger partial charge >= 0.3 is 0 Å². The second-order valence-corrected chi connectivity index (χ2v) is 3.32. The summed E-state index contributed by atoms with van der Waals surface area (Å²) in [6, 6.07) is 8.18. The van der Waals surface area contributed by atoms with Crippen LogP contribution < -0.4 is 4.90 Å². The summed E-state index contributed by atoms with van der Waals surface area (Å²) < 4.78 is 0. The first kappa shape index (κ1) is 8.06.